The molecule has 1 aromatic rings. The maximum Gasteiger partial charge on any atom is 0.425 e. The van der Waals surface area contributed by atoms with Gasteiger partial charge in [0, 0.05) is 12.0 Å². The molecule has 2 aliphatic rings. The van der Waals surface area contributed by atoms with Crippen molar-refractivity contribution in [3.05, 3.63) is 22.5 Å². The minimum atomic E-state index is -4.59. The Hall–Kier alpha value is -1.54. The van der Waals surface area contributed by atoms with Crippen molar-refractivity contribution in [3.8, 4) is 0 Å². The van der Waals surface area contributed by atoms with Crippen molar-refractivity contribution in [2.75, 3.05) is 18.1 Å². The molecule has 26 heavy (non-hydrogen) atoms. The molecule has 5 nitrogen and oxygen atoms in total. The summed E-state index contributed by atoms with van der Waals surface area (Å²) in [6.45, 7) is 8.57. The number of amides is 1. The molecule has 0 saturated carbocycles. The number of hydrogen-bond donors (Lipinski definition) is 0. The van der Waals surface area contributed by atoms with E-state index < -0.39 is 35.5 Å². The van der Waals surface area contributed by atoms with E-state index in [1.54, 1.807) is 20.8 Å². The fourth-order valence-corrected chi connectivity index (χ4v) is 3.34. The molecule has 0 aliphatic carbocycles. The fraction of sp³-hybridized carbons (Fsp3) is 0.647. The van der Waals surface area contributed by atoms with Gasteiger partial charge in [-0.05, 0) is 32.4 Å². The lowest BCUT2D eigenvalue weighted by molar-refractivity contribution is -0.188. The van der Waals surface area contributed by atoms with Gasteiger partial charge in [-0.3, -0.25) is 4.90 Å². The van der Waals surface area contributed by atoms with Crippen molar-refractivity contribution in [2.45, 2.75) is 57.4 Å². The van der Waals surface area contributed by atoms with E-state index in [0.717, 1.165) is 0 Å². The normalized spacial score (nSPS) is 24.4. The molecule has 1 amide bonds. The first-order valence-corrected chi connectivity index (χ1v) is 8.48. The molecule has 1 unspecified atom stereocenters. The number of aromatic nitrogens is 1. The topological polar surface area (TPSA) is 55.0 Å². The number of carbonyl (C=O) groups excluding carboxylic acids is 1. The van der Waals surface area contributed by atoms with Gasteiger partial charge < -0.3 is 9.47 Å². The Kier molecular flexibility index (Phi) is 4.05. The summed E-state index contributed by atoms with van der Waals surface area (Å²) in [5.41, 5.74) is -3.24. The maximum atomic E-state index is 13.4. The molecule has 3 rings (SSSR count). The number of nitrogens with zero attached hydrogens (tertiary/aromatic N) is 2. The third-order valence-electron chi connectivity index (χ3n) is 4.42. The van der Waals surface area contributed by atoms with Gasteiger partial charge in [-0.25, -0.2) is 9.78 Å². The van der Waals surface area contributed by atoms with Crippen molar-refractivity contribution >= 4 is 23.4 Å². The van der Waals surface area contributed by atoms with E-state index >= 15 is 0 Å². The first kappa shape index (κ1) is 19.2. The van der Waals surface area contributed by atoms with Crippen LogP contribution in [0.1, 0.15) is 45.9 Å². The van der Waals surface area contributed by atoms with Crippen LogP contribution in [0, 0.1) is 0 Å². The summed E-state index contributed by atoms with van der Waals surface area (Å²) in [6, 6.07) is 1.34. The summed E-state index contributed by atoms with van der Waals surface area (Å²) >= 11 is 6.21. The van der Waals surface area contributed by atoms with Crippen LogP contribution in [-0.2, 0) is 20.5 Å². The van der Waals surface area contributed by atoms with Crippen LogP contribution in [-0.4, -0.2) is 36.0 Å². The molecule has 3 heterocycles. The van der Waals surface area contributed by atoms with Gasteiger partial charge in [-0.15, -0.1) is 0 Å². The molecular weight excluding hydrogens is 373 g/mol. The summed E-state index contributed by atoms with van der Waals surface area (Å²) < 4.78 is 50.2. The number of fused-ring (bicyclic) bond motifs is 1. The van der Waals surface area contributed by atoms with E-state index in [9.17, 15) is 18.0 Å². The second-order valence-corrected chi connectivity index (χ2v) is 8.62. The molecule has 2 aliphatic heterocycles. The largest absolute Gasteiger partial charge is 0.443 e. The molecule has 1 fully saturated rings. The van der Waals surface area contributed by atoms with Gasteiger partial charge in [-0.1, -0.05) is 25.4 Å². The zero-order valence-corrected chi connectivity index (χ0v) is 15.9. The van der Waals surface area contributed by atoms with Gasteiger partial charge >= 0.3 is 12.3 Å². The lowest BCUT2D eigenvalue weighted by Crippen LogP contribution is -2.38. The number of rotatable bonds is 1. The van der Waals surface area contributed by atoms with Crippen molar-refractivity contribution in [2.24, 2.45) is 0 Å². The van der Waals surface area contributed by atoms with Gasteiger partial charge in [0.05, 0.1) is 18.0 Å². The van der Waals surface area contributed by atoms with Crippen molar-refractivity contribution in [1.82, 2.24) is 4.98 Å². The first-order chi connectivity index (χ1) is 11.7. The standard InChI is InChI=1S/C17H20ClF3N2O3/c1-14(2,3)26-13(24)23-7-15(4,5)9-6-10(22-12(18)11(9)23)16(8-25-16)17(19,20)21/h6H,7-8H2,1-5H3. The van der Waals surface area contributed by atoms with Gasteiger partial charge in [0.1, 0.15) is 5.60 Å². The number of epoxide rings is 1. The van der Waals surface area contributed by atoms with E-state index in [0.29, 0.717) is 5.56 Å². The Morgan fingerprint density at radius 2 is 1.92 bits per heavy atom. The lowest BCUT2D eigenvalue weighted by Gasteiger charge is -2.26. The van der Waals surface area contributed by atoms with Crippen LogP contribution in [0.25, 0.3) is 0 Å². The Balaban J connectivity index is 2.06. The molecule has 144 valence electrons. The number of alkyl halides is 3. The molecule has 0 bridgehead atoms. The summed E-state index contributed by atoms with van der Waals surface area (Å²) in [5, 5.41) is -0.173. The molecule has 1 aromatic heterocycles. The van der Waals surface area contributed by atoms with Gasteiger partial charge in [0.25, 0.3) is 0 Å². The van der Waals surface area contributed by atoms with Crippen LogP contribution >= 0.6 is 11.6 Å². The predicted octanol–water partition coefficient (Wildman–Crippen LogP) is 4.56. The average molecular weight is 393 g/mol. The zero-order valence-electron chi connectivity index (χ0n) is 15.1. The molecule has 0 aromatic carbocycles. The maximum absolute atomic E-state index is 13.4. The molecule has 1 saturated heterocycles. The average Bonchev–Trinajstić information content (AvgIpc) is 3.19. The first-order valence-electron chi connectivity index (χ1n) is 8.11. The quantitative estimate of drug-likeness (QED) is 0.519. The zero-order chi connectivity index (χ0) is 19.7. The van der Waals surface area contributed by atoms with Crippen molar-refractivity contribution in [1.29, 1.82) is 0 Å². The summed E-state index contributed by atoms with van der Waals surface area (Å²) in [4.78, 5) is 17.8. The smallest absolute Gasteiger partial charge is 0.425 e. The number of anilines is 1. The van der Waals surface area contributed by atoms with Crippen LogP contribution in [0.15, 0.2) is 6.07 Å². The summed E-state index contributed by atoms with van der Waals surface area (Å²) in [5.74, 6) is 0. The highest BCUT2D eigenvalue weighted by Crippen LogP contribution is 2.54. The Morgan fingerprint density at radius 3 is 2.38 bits per heavy atom. The Labute approximate surface area is 154 Å². The highest BCUT2D eigenvalue weighted by molar-refractivity contribution is 6.33. The number of ether oxygens (including phenoxy) is 2. The number of hydrogen-bond acceptors (Lipinski definition) is 4. The number of halogens is 4. The molecule has 1 atom stereocenters. The Bertz CT molecular complexity index is 768. The summed E-state index contributed by atoms with van der Waals surface area (Å²) in [7, 11) is 0. The van der Waals surface area contributed by atoms with E-state index in [-0.39, 0.29) is 23.1 Å². The van der Waals surface area contributed by atoms with Crippen molar-refractivity contribution in [3.63, 3.8) is 0 Å². The van der Waals surface area contributed by atoms with Crippen LogP contribution < -0.4 is 4.90 Å². The number of carbonyl (C=O) groups is 1. The third kappa shape index (κ3) is 3.03. The minimum absolute atomic E-state index is 0.173. The summed E-state index contributed by atoms with van der Waals surface area (Å²) in [6.07, 6.45) is -5.21. The molecule has 0 N–H and O–H groups in total. The van der Waals surface area contributed by atoms with Crippen LogP contribution in [0.3, 0.4) is 0 Å². The van der Waals surface area contributed by atoms with Gasteiger partial charge in [0.15, 0.2) is 5.15 Å². The van der Waals surface area contributed by atoms with E-state index in [1.807, 2.05) is 13.8 Å². The van der Waals surface area contributed by atoms with Gasteiger partial charge in [0.2, 0.25) is 5.60 Å². The van der Waals surface area contributed by atoms with Crippen molar-refractivity contribution < 1.29 is 27.4 Å². The van der Waals surface area contributed by atoms with Gasteiger partial charge in [-0.2, -0.15) is 13.2 Å². The lowest BCUT2D eigenvalue weighted by atomic mass is 9.86. The molecular formula is C17H20ClF3N2O3. The van der Waals surface area contributed by atoms with Crippen LogP contribution in [0.5, 0.6) is 0 Å². The molecule has 9 heteroatoms. The second-order valence-electron chi connectivity index (χ2n) is 8.26. The molecule has 0 spiro atoms. The van der Waals surface area contributed by atoms with Crippen LogP contribution in [0.2, 0.25) is 5.15 Å². The fourth-order valence-electron chi connectivity index (χ4n) is 3.05. The highest BCUT2D eigenvalue weighted by atomic mass is 35.5. The van der Waals surface area contributed by atoms with E-state index in [4.69, 9.17) is 21.1 Å². The SMILES string of the molecule is CC(C)(C)OC(=O)N1CC(C)(C)c2cc(C3(C(F)(F)F)CO3)nc(Cl)c21. The third-order valence-corrected chi connectivity index (χ3v) is 4.68. The molecule has 0 radical (unpaired) electrons. The monoisotopic (exact) mass is 392 g/mol. The highest BCUT2D eigenvalue weighted by Gasteiger charge is 2.68. The minimum Gasteiger partial charge on any atom is -0.443 e. The Morgan fingerprint density at radius 1 is 1.35 bits per heavy atom. The second kappa shape index (κ2) is 5.48. The van der Waals surface area contributed by atoms with Crippen LogP contribution in [0.4, 0.5) is 23.7 Å². The predicted molar refractivity (Wildman–Crippen MR) is 89.5 cm³/mol. The number of pyridine rings is 1. The van der Waals surface area contributed by atoms with E-state index in [1.165, 1.54) is 11.0 Å². The van der Waals surface area contributed by atoms with E-state index in [2.05, 4.69) is 4.98 Å².